The van der Waals surface area contributed by atoms with E-state index in [9.17, 15) is 19.2 Å². The molecule has 10 nitrogen and oxygen atoms in total. The number of methoxy groups -OCH3 is 1. The van der Waals surface area contributed by atoms with E-state index < -0.39 is 35.4 Å². The number of hydrogen-bond donors (Lipinski definition) is 0. The first kappa shape index (κ1) is 45.6. The van der Waals surface area contributed by atoms with Crippen LogP contribution < -0.4 is 9.47 Å². The Bertz CT molecular complexity index is 2060. The molecule has 5 rings (SSSR count). The van der Waals surface area contributed by atoms with E-state index in [4.69, 9.17) is 23.9 Å². The average Bonchev–Trinajstić information content (AvgIpc) is 3.80. The number of allylic oxidation sites excluding steroid dienone is 3. The van der Waals surface area contributed by atoms with Gasteiger partial charge in [-0.15, -0.1) is 19.7 Å². The second kappa shape index (κ2) is 20.6. The highest BCUT2D eigenvalue weighted by Gasteiger charge is 2.61. The van der Waals surface area contributed by atoms with Crippen LogP contribution in [0.5, 0.6) is 11.5 Å². The van der Waals surface area contributed by atoms with Gasteiger partial charge in [-0.3, -0.25) is 19.2 Å². The van der Waals surface area contributed by atoms with Crippen LogP contribution >= 0.6 is 0 Å². The van der Waals surface area contributed by atoms with Crippen molar-refractivity contribution in [1.82, 2.24) is 9.88 Å². The number of esters is 2. The second-order valence-electron chi connectivity index (χ2n) is 16.9. The van der Waals surface area contributed by atoms with E-state index in [1.807, 2.05) is 68.5 Å². The van der Waals surface area contributed by atoms with Crippen LogP contribution in [0.25, 0.3) is 28.2 Å². The van der Waals surface area contributed by atoms with E-state index >= 15 is 0 Å². The number of ether oxygens (including phenoxy) is 4. The Morgan fingerprint density at radius 2 is 1.75 bits per heavy atom. The monoisotopic (exact) mass is 818 g/mol. The predicted molar refractivity (Wildman–Crippen MR) is 236 cm³/mol. The summed E-state index contributed by atoms with van der Waals surface area (Å²) in [5.74, 6) is -1.28. The smallest absolute Gasteiger partial charge is 0.313 e. The first-order chi connectivity index (χ1) is 28.8. The zero-order valence-corrected chi connectivity index (χ0v) is 35.9. The Morgan fingerprint density at radius 3 is 2.40 bits per heavy atom. The number of pyridine rings is 1. The lowest BCUT2D eigenvalue weighted by Gasteiger charge is -2.29. The number of Topliss-reactive ketones (excluding diaryl/α,β-unsaturated/α-hetero) is 1. The number of aromatic nitrogens is 1. The number of fused-ring (bicyclic) bond motifs is 1. The van der Waals surface area contributed by atoms with Crippen molar-refractivity contribution in [3.63, 3.8) is 0 Å². The van der Waals surface area contributed by atoms with E-state index in [1.54, 1.807) is 37.2 Å². The van der Waals surface area contributed by atoms with Crippen LogP contribution in [0.1, 0.15) is 90.5 Å². The van der Waals surface area contributed by atoms with Gasteiger partial charge in [0.1, 0.15) is 17.6 Å². The third kappa shape index (κ3) is 11.0. The third-order valence-corrected chi connectivity index (χ3v) is 11.8. The van der Waals surface area contributed by atoms with Crippen molar-refractivity contribution in [2.45, 2.75) is 97.1 Å². The molecular formula is C50H62N2O8. The van der Waals surface area contributed by atoms with E-state index in [2.05, 4.69) is 26.3 Å². The van der Waals surface area contributed by atoms with Gasteiger partial charge in [0.2, 0.25) is 5.91 Å². The normalized spacial score (nSPS) is 20.1. The number of benzene rings is 2. The number of nitrogens with zero attached hydrogens (tertiary/aromatic N) is 2. The zero-order valence-electron chi connectivity index (χ0n) is 35.9. The molecule has 5 atom stereocenters. The molecule has 0 bridgehead atoms. The summed E-state index contributed by atoms with van der Waals surface area (Å²) < 4.78 is 23.7. The molecule has 0 radical (unpaired) electrons. The van der Waals surface area contributed by atoms with Crippen molar-refractivity contribution in [3.05, 3.63) is 98.6 Å². The number of rotatable bonds is 24. The lowest BCUT2D eigenvalue weighted by Crippen LogP contribution is -2.45. The van der Waals surface area contributed by atoms with Crippen LogP contribution in [0.15, 0.2) is 93.1 Å². The minimum Gasteiger partial charge on any atom is -0.496 e. The summed E-state index contributed by atoms with van der Waals surface area (Å²) in [7, 11) is 1.59. The highest BCUT2D eigenvalue weighted by atomic mass is 16.5. The van der Waals surface area contributed by atoms with Crippen LogP contribution in [0.4, 0.5) is 0 Å². The molecule has 2 aliphatic rings. The molecule has 320 valence electrons. The van der Waals surface area contributed by atoms with Crippen molar-refractivity contribution in [3.8, 4) is 22.8 Å². The highest BCUT2D eigenvalue weighted by Crippen LogP contribution is 2.57. The first-order valence-corrected chi connectivity index (χ1v) is 21.2. The van der Waals surface area contributed by atoms with Crippen molar-refractivity contribution in [1.29, 1.82) is 0 Å². The number of ketones is 1. The SMILES string of the molecule is C=CCCCCC[C@H](CC(=O)OCC(C)(C)CC=C)C(=O)N1C[C@H](Oc2cc(-c3ccccc3)nc3cc(OC)c(C=C)cc23)C[C@H]1C(=O)C[C@]1(C(=O)OCC)C[C@H]1C=C. The van der Waals surface area contributed by atoms with Crippen LogP contribution in [0.3, 0.4) is 0 Å². The van der Waals surface area contributed by atoms with Gasteiger partial charge in [0, 0.05) is 52.8 Å². The third-order valence-electron chi connectivity index (χ3n) is 11.8. The largest absolute Gasteiger partial charge is 0.496 e. The average molecular weight is 819 g/mol. The number of hydrogen-bond acceptors (Lipinski definition) is 9. The number of likely N-dealkylation sites (tertiary alicyclic amines) is 1. The van der Waals surface area contributed by atoms with Gasteiger partial charge in [-0.25, -0.2) is 4.98 Å². The molecule has 1 amide bonds. The Balaban J connectivity index is 1.51. The quantitative estimate of drug-likeness (QED) is 0.0494. The van der Waals surface area contributed by atoms with E-state index in [0.717, 1.165) is 30.4 Å². The fourth-order valence-corrected chi connectivity index (χ4v) is 8.29. The van der Waals surface area contributed by atoms with Crippen LogP contribution in [-0.4, -0.2) is 72.5 Å². The lowest BCUT2D eigenvalue weighted by molar-refractivity contribution is -0.154. The van der Waals surface area contributed by atoms with Gasteiger partial charge in [0.25, 0.3) is 0 Å². The molecule has 1 aliphatic carbocycles. The van der Waals surface area contributed by atoms with Crippen molar-refractivity contribution < 1.29 is 38.1 Å². The topological polar surface area (TPSA) is 121 Å². The summed E-state index contributed by atoms with van der Waals surface area (Å²) in [4.78, 5) is 62.8. The maximum Gasteiger partial charge on any atom is 0.313 e. The molecular weight excluding hydrogens is 757 g/mol. The fourth-order valence-electron chi connectivity index (χ4n) is 8.29. The van der Waals surface area contributed by atoms with Crippen molar-refractivity contribution >= 4 is 40.6 Å². The summed E-state index contributed by atoms with van der Waals surface area (Å²) in [5, 5.41) is 0.714. The van der Waals surface area contributed by atoms with Gasteiger partial charge in [0.15, 0.2) is 5.78 Å². The number of carbonyl (C=O) groups excluding carboxylic acids is 4. The molecule has 2 fully saturated rings. The van der Waals surface area contributed by atoms with Crippen molar-refractivity contribution in [2.75, 3.05) is 26.9 Å². The summed E-state index contributed by atoms with van der Waals surface area (Å²) in [6.07, 6.45) is 11.3. The Morgan fingerprint density at radius 1 is 0.983 bits per heavy atom. The highest BCUT2D eigenvalue weighted by molar-refractivity contribution is 5.96. The molecule has 0 unspecified atom stereocenters. The molecule has 1 saturated carbocycles. The molecule has 60 heavy (non-hydrogen) atoms. The van der Waals surface area contributed by atoms with E-state index in [1.165, 1.54) is 0 Å². The van der Waals surface area contributed by atoms with Crippen LogP contribution in [0, 0.1) is 22.7 Å². The fraction of sp³-hybridized carbons (Fsp3) is 0.460. The molecule has 2 heterocycles. The van der Waals surface area contributed by atoms with Gasteiger partial charge >= 0.3 is 11.9 Å². The number of amides is 1. The summed E-state index contributed by atoms with van der Waals surface area (Å²) >= 11 is 0. The zero-order chi connectivity index (χ0) is 43.5. The predicted octanol–water partition coefficient (Wildman–Crippen LogP) is 9.90. The molecule has 1 saturated heterocycles. The maximum absolute atomic E-state index is 14.9. The van der Waals surface area contributed by atoms with Crippen LogP contribution in [0.2, 0.25) is 0 Å². The van der Waals surface area contributed by atoms with E-state index in [0.29, 0.717) is 53.8 Å². The minimum atomic E-state index is -1.03. The number of unbranched alkanes of at least 4 members (excludes halogenated alkanes) is 3. The van der Waals surface area contributed by atoms with Crippen molar-refractivity contribution in [2.24, 2.45) is 22.7 Å². The molecule has 1 aliphatic heterocycles. The molecule has 1 aromatic heterocycles. The summed E-state index contributed by atoms with van der Waals surface area (Å²) in [5.41, 5.74) is 1.61. The van der Waals surface area contributed by atoms with Gasteiger partial charge in [0.05, 0.1) is 56.0 Å². The Kier molecular flexibility index (Phi) is 15.7. The molecule has 2 aromatic carbocycles. The molecule has 10 heteroatoms. The Labute approximate surface area is 355 Å². The maximum atomic E-state index is 14.9. The molecule has 0 N–H and O–H groups in total. The molecule has 3 aromatic rings. The summed E-state index contributed by atoms with van der Waals surface area (Å²) in [6, 6.07) is 14.5. The van der Waals surface area contributed by atoms with Gasteiger partial charge in [-0.2, -0.15) is 0 Å². The number of carbonyl (C=O) groups is 4. The summed E-state index contributed by atoms with van der Waals surface area (Å²) in [6.45, 7) is 21.7. The minimum absolute atomic E-state index is 0.0931. The van der Waals surface area contributed by atoms with Crippen LogP contribution in [-0.2, 0) is 28.7 Å². The van der Waals surface area contributed by atoms with Gasteiger partial charge in [-0.05, 0) is 51.0 Å². The lowest BCUT2D eigenvalue weighted by atomic mass is 9.90. The Hall–Kier alpha value is -5.51. The standard InChI is InChI=1S/C50H62N2O8/c1-9-14-15-16-18-23-36(26-46(54)59-33-49(6,7)24-10-2)47(55)52-32-38(27-42(52)43(53)31-50(30-37(50)12-4)48(56)58-13-5)60-45-28-40(35-21-19-17-20-22-35)51-41-29-44(57-8)34(11-3)25-39(41)45/h9-12,17,19-22,25,28-29,36-38,42H,1-4,13-16,18,23-24,26-27,30-33H2,5-8H3/t36-,37-,38-,42+,50-/m1/s1. The second-order valence-corrected chi connectivity index (χ2v) is 16.9. The van der Waals surface area contributed by atoms with E-state index in [-0.39, 0.29) is 62.0 Å². The van der Waals surface area contributed by atoms with Gasteiger partial charge in [-0.1, -0.05) is 87.9 Å². The first-order valence-electron chi connectivity index (χ1n) is 21.2. The molecule has 0 spiro atoms. The van der Waals surface area contributed by atoms with Gasteiger partial charge < -0.3 is 23.8 Å².